The zero-order chi connectivity index (χ0) is 16.5. The molecule has 1 amide bonds. The minimum Gasteiger partial charge on any atom is -0.452 e. The largest absolute Gasteiger partial charge is 0.452 e. The van der Waals surface area contributed by atoms with Gasteiger partial charge in [0.15, 0.2) is 6.61 Å². The second-order valence-electron chi connectivity index (χ2n) is 4.96. The minimum absolute atomic E-state index is 0.286. The van der Waals surface area contributed by atoms with Crippen molar-refractivity contribution in [3.63, 3.8) is 0 Å². The van der Waals surface area contributed by atoms with Crippen molar-refractivity contribution in [1.82, 2.24) is 5.32 Å². The molecule has 0 aliphatic rings. The van der Waals surface area contributed by atoms with Gasteiger partial charge in [0.05, 0.1) is 5.56 Å². The van der Waals surface area contributed by atoms with Crippen molar-refractivity contribution in [2.24, 2.45) is 0 Å². The number of hydrogen-bond donors (Lipinski definition) is 2. The molecule has 0 bridgehead atoms. The van der Waals surface area contributed by atoms with Gasteiger partial charge >= 0.3 is 5.97 Å². The highest BCUT2D eigenvalue weighted by atomic mass is 16.5. The Bertz CT molecular complexity index is 656. The van der Waals surface area contributed by atoms with Gasteiger partial charge in [0.1, 0.15) is 0 Å². The lowest BCUT2D eigenvalue weighted by Gasteiger charge is -2.09. The van der Waals surface area contributed by atoms with Crippen molar-refractivity contribution in [2.45, 2.75) is 6.42 Å². The molecule has 2 N–H and O–H groups in total. The van der Waals surface area contributed by atoms with E-state index >= 15 is 0 Å². The van der Waals surface area contributed by atoms with Crippen molar-refractivity contribution in [1.29, 1.82) is 0 Å². The van der Waals surface area contributed by atoms with E-state index in [1.807, 2.05) is 36.4 Å². The first-order chi connectivity index (χ1) is 11.2. The molecule has 0 atom stereocenters. The highest BCUT2D eigenvalue weighted by Gasteiger charge is 2.13. The van der Waals surface area contributed by atoms with Crippen molar-refractivity contribution < 1.29 is 14.3 Å². The Balaban J connectivity index is 1.74. The number of carbonyl (C=O) groups excluding carboxylic acids is 2. The Labute approximate surface area is 135 Å². The van der Waals surface area contributed by atoms with Crippen LogP contribution < -0.4 is 10.6 Å². The number of nitrogens with one attached hydrogen (secondary N) is 2. The summed E-state index contributed by atoms with van der Waals surface area (Å²) in [6.07, 6.45) is 0.739. The van der Waals surface area contributed by atoms with Crippen molar-refractivity contribution in [3.05, 3.63) is 65.7 Å². The Morgan fingerprint density at radius 2 is 1.70 bits per heavy atom. The summed E-state index contributed by atoms with van der Waals surface area (Å²) in [4.78, 5) is 23.7. The summed E-state index contributed by atoms with van der Waals surface area (Å²) >= 11 is 0. The van der Waals surface area contributed by atoms with Gasteiger partial charge in [0.2, 0.25) is 0 Å². The van der Waals surface area contributed by atoms with Crippen LogP contribution in [0, 0.1) is 0 Å². The molecule has 0 saturated carbocycles. The molecular weight excluding hydrogens is 292 g/mol. The van der Waals surface area contributed by atoms with Crippen LogP contribution in [0.3, 0.4) is 0 Å². The number of ether oxygens (including phenoxy) is 1. The van der Waals surface area contributed by atoms with Gasteiger partial charge in [-0.2, -0.15) is 0 Å². The Morgan fingerprint density at radius 3 is 2.43 bits per heavy atom. The topological polar surface area (TPSA) is 67.4 Å². The molecule has 0 aromatic heterocycles. The third kappa shape index (κ3) is 5.14. The fraction of sp³-hybridized carbons (Fsp3) is 0.222. The van der Waals surface area contributed by atoms with Gasteiger partial charge in [0.25, 0.3) is 5.91 Å². The van der Waals surface area contributed by atoms with Crippen LogP contribution in [0.15, 0.2) is 54.6 Å². The summed E-state index contributed by atoms with van der Waals surface area (Å²) in [6, 6.07) is 16.9. The number of amides is 1. The van der Waals surface area contributed by atoms with Gasteiger partial charge in [-0.3, -0.25) is 4.79 Å². The molecule has 5 heteroatoms. The number of anilines is 1. The van der Waals surface area contributed by atoms with E-state index in [0.29, 0.717) is 17.8 Å². The van der Waals surface area contributed by atoms with Crippen LogP contribution in [-0.4, -0.2) is 32.1 Å². The van der Waals surface area contributed by atoms with Crippen LogP contribution in [-0.2, 0) is 16.0 Å². The van der Waals surface area contributed by atoms with E-state index in [1.54, 1.807) is 25.2 Å². The standard InChI is InChI=1S/C18H20N2O3/c1-19-16-10-6-5-9-15(16)18(22)23-13-17(21)20-12-11-14-7-3-2-4-8-14/h2-10,19H,11-13H2,1H3,(H,20,21). The monoisotopic (exact) mass is 312 g/mol. The van der Waals surface area contributed by atoms with E-state index in [-0.39, 0.29) is 12.5 Å². The number of carbonyl (C=O) groups is 2. The molecule has 0 spiro atoms. The van der Waals surface area contributed by atoms with Crippen LogP contribution in [0.1, 0.15) is 15.9 Å². The number of benzene rings is 2. The lowest BCUT2D eigenvalue weighted by atomic mass is 10.1. The van der Waals surface area contributed by atoms with E-state index in [2.05, 4.69) is 10.6 Å². The van der Waals surface area contributed by atoms with Crippen LogP contribution in [0.25, 0.3) is 0 Å². The fourth-order valence-electron chi connectivity index (χ4n) is 2.13. The first-order valence-electron chi connectivity index (χ1n) is 7.45. The highest BCUT2D eigenvalue weighted by Crippen LogP contribution is 2.15. The summed E-state index contributed by atoms with van der Waals surface area (Å²) in [6.45, 7) is 0.221. The maximum absolute atomic E-state index is 12.0. The maximum atomic E-state index is 12.0. The third-order valence-corrected chi connectivity index (χ3v) is 3.33. The summed E-state index contributed by atoms with van der Waals surface area (Å²) in [5.41, 5.74) is 2.22. The molecule has 120 valence electrons. The number of esters is 1. The molecule has 23 heavy (non-hydrogen) atoms. The van der Waals surface area contributed by atoms with Gasteiger partial charge in [-0.25, -0.2) is 4.79 Å². The second-order valence-corrected chi connectivity index (χ2v) is 4.96. The van der Waals surface area contributed by atoms with Gasteiger partial charge < -0.3 is 15.4 Å². The molecule has 2 rings (SSSR count). The van der Waals surface area contributed by atoms with Gasteiger partial charge in [-0.05, 0) is 24.1 Å². The predicted octanol–water partition coefficient (Wildman–Crippen LogP) is 2.24. The smallest absolute Gasteiger partial charge is 0.340 e. The van der Waals surface area contributed by atoms with E-state index in [1.165, 1.54) is 0 Å². The minimum atomic E-state index is -0.520. The van der Waals surface area contributed by atoms with Crippen LogP contribution in [0.4, 0.5) is 5.69 Å². The average molecular weight is 312 g/mol. The predicted molar refractivity (Wildman–Crippen MR) is 89.4 cm³/mol. The normalized spacial score (nSPS) is 9.96. The summed E-state index contributed by atoms with van der Waals surface area (Å²) in [7, 11) is 1.72. The second kappa shape index (κ2) is 8.58. The van der Waals surface area contributed by atoms with Gasteiger partial charge in [-0.15, -0.1) is 0 Å². The maximum Gasteiger partial charge on any atom is 0.340 e. The molecule has 5 nitrogen and oxygen atoms in total. The van der Waals surface area contributed by atoms with Crippen molar-refractivity contribution >= 4 is 17.6 Å². The molecule has 0 heterocycles. The quantitative estimate of drug-likeness (QED) is 0.770. The van der Waals surface area contributed by atoms with Gasteiger partial charge in [-0.1, -0.05) is 42.5 Å². The molecule has 0 aliphatic heterocycles. The Kier molecular flexibility index (Phi) is 6.17. The van der Waals surface area contributed by atoms with Crippen molar-refractivity contribution in [3.8, 4) is 0 Å². The molecule has 0 saturated heterocycles. The lowest BCUT2D eigenvalue weighted by Crippen LogP contribution is -2.30. The fourth-order valence-corrected chi connectivity index (χ4v) is 2.13. The number of hydrogen-bond acceptors (Lipinski definition) is 4. The zero-order valence-electron chi connectivity index (χ0n) is 13.0. The van der Waals surface area contributed by atoms with E-state index in [0.717, 1.165) is 12.0 Å². The number of para-hydroxylation sites is 1. The molecule has 0 radical (unpaired) electrons. The molecule has 0 unspecified atom stereocenters. The van der Waals surface area contributed by atoms with Crippen molar-refractivity contribution in [2.75, 3.05) is 25.5 Å². The lowest BCUT2D eigenvalue weighted by molar-refractivity contribution is -0.124. The van der Waals surface area contributed by atoms with E-state index in [9.17, 15) is 9.59 Å². The third-order valence-electron chi connectivity index (χ3n) is 3.33. The molecule has 0 fully saturated rings. The zero-order valence-corrected chi connectivity index (χ0v) is 13.0. The van der Waals surface area contributed by atoms with Crippen LogP contribution in [0.2, 0.25) is 0 Å². The molecule has 0 aliphatic carbocycles. The Morgan fingerprint density at radius 1 is 1.00 bits per heavy atom. The summed E-state index contributed by atoms with van der Waals surface area (Å²) in [5.74, 6) is -0.829. The van der Waals surface area contributed by atoms with E-state index < -0.39 is 5.97 Å². The average Bonchev–Trinajstić information content (AvgIpc) is 2.60. The van der Waals surface area contributed by atoms with E-state index in [4.69, 9.17) is 4.74 Å². The SMILES string of the molecule is CNc1ccccc1C(=O)OCC(=O)NCCc1ccccc1. The van der Waals surface area contributed by atoms with Gasteiger partial charge in [0, 0.05) is 19.3 Å². The summed E-state index contributed by atoms with van der Waals surface area (Å²) in [5, 5.41) is 5.65. The molecule has 2 aromatic rings. The highest BCUT2D eigenvalue weighted by molar-refractivity contribution is 5.96. The molecule has 2 aromatic carbocycles. The first-order valence-corrected chi connectivity index (χ1v) is 7.45. The van der Waals surface area contributed by atoms with Crippen LogP contribution >= 0.6 is 0 Å². The summed E-state index contributed by atoms with van der Waals surface area (Å²) < 4.78 is 5.04. The number of rotatable bonds is 7. The molecular formula is C18H20N2O3. The van der Waals surface area contributed by atoms with Crippen LogP contribution in [0.5, 0.6) is 0 Å². The Hall–Kier alpha value is -2.82. The first kappa shape index (κ1) is 16.5.